The molecule has 0 spiro atoms. The van der Waals surface area contributed by atoms with Crippen LogP contribution in [0.25, 0.3) is 5.88 Å². The van der Waals surface area contributed by atoms with E-state index in [0.717, 1.165) is 14.7 Å². The van der Waals surface area contributed by atoms with E-state index in [2.05, 4.69) is 55.4 Å². The van der Waals surface area contributed by atoms with E-state index in [1.807, 2.05) is 30.3 Å². The Morgan fingerprint density at radius 2 is 1.47 bits per heavy atom. The van der Waals surface area contributed by atoms with Crippen LogP contribution in [0.4, 0.5) is 0 Å². The molecule has 0 aliphatic carbocycles. The average molecular weight is 992 g/mol. The fourth-order valence-electron chi connectivity index (χ4n) is 6.98. The molecule has 0 unspecified atom stereocenters. The molecule has 0 bridgehead atoms. The van der Waals surface area contributed by atoms with Crippen molar-refractivity contribution in [3.05, 3.63) is 74.8 Å². The van der Waals surface area contributed by atoms with E-state index in [0.29, 0.717) is 11.1 Å². The number of rotatable bonds is 9. The van der Waals surface area contributed by atoms with Crippen LogP contribution in [0.2, 0.25) is 22.2 Å². The Kier molecular flexibility index (Phi) is 16.3. The summed E-state index contributed by atoms with van der Waals surface area (Å²) in [6.07, 6.45) is -0.241. The summed E-state index contributed by atoms with van der Waals surface area (Å²) in [5, 5.41) is 13.9. The van der Waals surface area contributed by atoms with Crippen molar-refractivity contribution in [3.63, 3.8) is 0 Å². The van der Waals surface area contributed by atoms with E-state index in [9.17, 15) is 14.7 Å². The second-order valence-corrected chi connectivity index (χ2v) is 25.1. The number of hydrogen-bond donors (Lipinski definition) is 0. The molecule has 239 valence electrons. The van der Waals surface area contributed by atoms with Gasteiger partial charge in [0.05, 0.1) is 13.2 Å². The van der Waals surface area contributed by atoms with E-state index < -0.39 is 39.1 Å². The molecule has 0 saturated carbocycles. The SMILES string of the molecule is CC(C)[Si]1(C(C)C)OC[C@H]2OC(n3ccc(=O)n(COCc4ccccc4)c3=O)=C([O-])[C@@H]2O[Si]1(C(C)C)C(C)C.[I-].[I-].[Sm+3]. The number of hydrogen-bond acceptors (Lipinski definition) is 7. The minimum Gasteiger partial charge on any atom is -1.00 e. The van der Waals surface area contributed by atoms with Gasteiger partial charge in [-0.3, -0.25) is 4.79 Å². The number of halogens is 2. The maximum absolute atomic E-state index is 13.9. The monoisotopic (exact) mass is 993 g/mol. The predicted octanol–water partition coefficient (Wildman–Crippen LogP) is -1.90. The molecule has 1 saturated heterocycles. The van der Waals surface area contributed by atoms with Crippen LogP contribution in [-0.4, -0.2) is 43.6 Å². The summed E-state index contributed by atoms with van der Waals surface area (Å²) in [5.41, 5.74) is 0.706. The number of nitrogens with zero attached hydrogens (tertiary/aromatic N) is 2. The summed E-state index contributed by atoms with van der Waals surface area (Å²) in [7, 11) is -5.21. The van der Waals surface area contributed by atoms with Gasteiger partial charge in [-0.1, -0.05) is 85.7 Å². The van der Waals surface area contributed by atoms with Gasteiger partial charge in [0.2, 0.25) is 15.7 Å². The van der Waals surface area contributed by atoms with Crippen molar-refractivity contribution >= 4 is 21.6 Å². The number of fused-ring (bicyclic) bond motifs is 1. The molecular formula is C29H43I2N2O7Si2Sm. The van der Waals surface area contributed by atoms with Crippen LogP contribution in [0.5, 0.6) is 0 Å². The Labute approximate surface area is 323 Å². The molecule has 4 rings (SSSR count). The normalized spacial score (nSPS) is 20.7. The van der Waals surface area contributed by atoms with E-state index >= 15 is 0 Å². The molecule has 2 atom stereocenters. The van der Waals surface area contributed by atoms with Crippen molar-refractivity contribution in [2.24, 2.45) is 0 Å². The third-order valence-corrected chi connectivity index (χ3v) is 29.3. The van der Waals surface area contributed by atoms with Crippen LogP contribution in [0.15, 0.2) is 57.9 Å². The quantitative estimate of drug-likeness (QED) is 0.214. The van der Waals surface area contributed by atoms with Crippen molar-refractivity contribution in [2.75, 3.05) is 6.61 Å². The van der Waals surface area contributed by atoms with E-state index in [-0.39, 0.29) is 131 Å². The zero-order chi connectivity index (χ0) is 29.4. The summed E-state index contributed by atoms with van der Waals surface area (Å²) >= 11 is 0. The fourth-order valence-corrected chi connectivity index (χ4v) is 28.7. The van der Waals surface area contributed by atoms with Gasteiger partial charge in [0, 0.05) is 12.3 Å². The average Bonchev–Trinajstić information content (AvgIpc) is 3.09. The third kappa shape index (κ3) is 7.58. The first-order chi connectivity index (χ1) is 18.9. The van der Waals surface area contributed by atoms with Gasteiger partial charge in [0.25, 0.3) is 5.56 Å². The van der Waals surface area contributed by atoms with Gasteiger partial charge in [-0.05, 0) is 33.5 Å². The van der Waals surface area contributed by atoms with Crippen molar-refractivity contribution < 1.29 is 112 Å². The summed E-state index contributed by atoms with van der Waals surface area (Å²) in [5.74, 6) is -0.527. The molecule has 0 amide bonds. The molecule has 1 aromatic carbocycles. The maximum atomic E-state index is 13.9. The van der Waals surface area contributed by atoms with Gasteiger partial charge in [0.15, 0.2) is 12.0 Å². The zero-order valence-electron chi connectivity index (χ0n) is 26.0. The topological polar surface area (TPSA) is 104 Å². The van der Waals surface area contributed by atoms with E-state index in [1.165, 1.54) is 12.3 Å². The summed E-state index contributed by atoms with van der Waals surface area (Å²) in [6, 6.07) is 10.7. The van der Waals surface area contributed by atoms with Crippen molar-refractivity contribution in [1.82, 2.24) is 9.13 Å². The molecule has 43 heavy (non-hydrogen) atoms. The minimum atomic E-state index is -2.70. The van der Waals surface area contributed by atoms with Gasteiger partial charge < -0.3 is 71.4 Å². The molecule has 2 aliphatic heterocycles. The van der Waals surface area contributed by atoms with Crippen LogP contribution in [0, 0.1) is 40.4 Å². The van der Waals surface area contributed by atoms with Crippen LogP contribution in [0.1, 0.15) is 61.0 Å². The number of benzene rings is 1. The Balaban J connectivity index is 0.00000308. The van der Waals surface area contributed by atoms with E-state index in [1.54, 1.807) is 0 Å². The summed E-state index contributed by atoms with van der Waals surface area (Å²) in [6.45, 7) is 17.9. The molecule has 14 heteroatoms. The maximum Gasteiger partial charge on any atom is 3.00 e. The van der Waals surface area contributed by atoms with Gasteiger partial charge in [-0.25, -0.2) is 13.9 Å². The van der Waals surface area contributed by atoms with Crippen molar-refractivity contribution in [2.45, 2.75) is 103 Å². The number of aromatic nitrogens is 2. The van der Waals surface area contributed by atoms with Gasteiger partial charge in [-0.2, -0.15) is 0 Å². The molecular weight excluding hydrogens is 949 g/mol. The van der Waals surface area contributed by atoms with Gasteiger partial charge in [-0.15, -0.1) is 0 Å². The third-order valence-electron chi connectivity index (χ3n) is 8.54. The van der Waals surface area contributed by atoms with Crippen molar-refractivity contribution in [1.29, 1.82) is 0 Å². The van der Waals surface area contributed by atoms with Crippen LogP contribution in [0.3, 0.4) is 0 Å². The largest absolute Gasteiger partial charge is 3.00 e. The second kappa shape index (κ2) is 17.0. The Morgan fingerprint density at radius 1 is 0.907 bits per heavy atom. The molecule has 1 aromatic heterocycles. The van der Waals surface area contributed by atoms with Crippen LogP contribution < -0.4 is 64.3 Å². The van der Waals surface area contributed by atoms with Gasteiger partial charge >= 0.3 is 46.1 Å². The molecule has 1 radical (unpaired) electrons. The molecule has 3 heterocycles. The smallest absolute Gasteiger partial charge is 1.00 e. The summed E-state index contributed by atoms with van der Waals surface area (Å²) < 4.78 is 28.0. The Morgan fingerprint density at radius 3 is 2.00 bits per heavy atom. The Hall–Kier alpha value is 0.351. The number of ether oxygens (including phenoxy) is 2. The fraction of sp³-hybridized carbons (Fsp3) is 0.586. The van der Waals surface area contributed by atoms with Crippen molar-refractivity contribution in [3.8, 4) is 0 Å². The standard InChI is InChI=1S/C29H44N2O7Si2.2HI.Sm/c1-19(2)39(20(3)4)36-17-24-27(38-40(39,21(5)6)22(7)8)26(33)28(37-24)30-15-14-25(32)31(29(30)34)18-35-16-23-12-10-9-11-13-23;;;/h9-15,19-22,24,27,33H,16-18H2,1-8H3;2*1H;/q;;;+3/p-3/t24-,27-;;;/m1.../s1. The first-order valence-corrected chi connectivity index (χ1v) is 19.3. The molecule has 2 aliphatic rings. The molecule has 0 N–H and O–H groups in total. The first-order valence-electron chi connectivity index (χ1n) is 14.2. The first kappa shape index (κ1) is 41.4. The van der Waals surface area contributed by atoms with E-state index in [4.69, 9.17) is 18.3 Å². The zero-order valence-corrected chi connectivity index (χ0v) is 35.0. The predicted molar refractivity (Wildman–Crippen MR) is 157 cm³/mol. The van der Waals surface area contributed by atoms with Crippen LogP contribution >= 0.6 is 0 Å². The Bertz CT molecular complexity index is 1340. The van der Waals surface area contributed by atoms with Crippen LogP contribution in [-0.2, 0) is 31.7 Å². The molecule has 1 fully saturated rings. The molecule has 9 nitrogen and oxygen atoms in total. The van der Waals surface area contributed by atoms with Gasteiger partial charge in [0.1, 0.15) is 12.8 Å². The summed E-state index contributed by atoms with van der Waals surface area (Å²) in [4.78, 5) is 26.0. The minimum absolute atomic E-state index is 0. The second-order valence-electron chi connectivity index (χ2n) is 12.1. The molecule has 2 aromatic rings.